The number of piperazine rings is 1. The molecular weight excluding hydrogens is 307 g/mol. The molecule has 1 atom stereocenters. The highest BCUT2D eigenvalue weighted by atomic mass is 35.5. The molecule has 2 fully saturated rings. The minimum absolute atomic E-state index is 0. The van der Waals surface area contributed by atoms with E-state index in [1.807, 2.05) is 0 Å². The molecule has 0 amide bonds. The minimum atomic E-state index is 0. The van der Waals surface area contributed by atoms with Gasteiger partial charge in [0.1, 0.15) is 5.75 Å². The van der Waals surface area contributed by atoms with Gasteiger partial charge in [0, 0.05) is 32.2 Å². The molecule has 1 heterocycles. The lowest BCUT2D eigenvalue weighted by molar-refractivity contribution is 0.0837. The molecule has 0 bridgehead atoms. The molecule has 1 aliphatic carbocycles. The van der Waals surface area contributed by atoms with Gasteiger partial charge in [0.2, 0.25) is 0 Å². The molecule has 3 nitrogen and oxygen atoms in total. The highest BCUT2D eigenvalue weighted by molar-refractivity contribution is 5.85. The fraction of sp³-hybridized carbons (Fsp3) is 0.625. The van der Waals surface area contributed by atoms with Crippen molar-refractivity contribution in [2.24, 2.45) is 5.92 Å². The molecule has 1 aromatic carbocycles. The van der Waals surface area contributed by atoms with E-state index in [1.165, 1.54) is 37.9 Å². The Bertz CT molecular complexity index is 403. The molecule has 1 aromatic rings. The van der Waals surface area contributed by atoms with Crippen LogP contribution in [-0.2, 0) is 0 Å². The van der Waals surface area contributed by atoms with Gasteiger partial charge in [-0.05, 0) is 36.5 Å². The van der Waals surface area contributed by atoms with Crippen LogP contribution in [0.1, 0.15) is 30.9 Å². The van der Waals surface area contributed by atoms with E-state index in [4.69, 9.17) is 4.74 Å². The second-order valence-electron chi connectivity index (χ2n) is 5.69. The predicted molar refractivity (Wildman–Crippen MR) is 92.0 cm³/mol. The standard InChI is InChI=1S/C16H24N2O.2ClH/c1-19-15-7-5-14(6-8-15)16(13-3-2-4-13)18-11-9-17-10-12-18;;/h5-8,13,16-17H,2-4,9-12H2,1H3;2*1H/t16-;;/m1../s1. The molecule has 120 valence electrons. The van der Waals surface area contributed by atoms with E-state index in [1.54, 1.807) is 7.11 Å². The van der Waals surface area contributed by atoms with E-state index < -0.39 is 0 Å². The van der Waals surface area contributed by atoms with Crippen LogP contribution in [0.5, 0.6) is 5.75 Å². The summed E-state index contributed by atoms with van der Waals surface area (Å²) in [6.07, 6.45) is 4.19. The lowest BCUT2D eigenvalue weighted by Gasteiger charge is -2.43. The Morgan fingerprint density at radius 2 is 1.71 bits per heavy atom. The molecule has 0 spiro atoms. The zero-order valence-electron chi connectivity index (χ0n) is 12.6. The molecule has 0 radical (unpaired) electrons. The van der Waals surface area contributed by atoms with Crippen LogP contribution >= 0.6 is 24.8 Å². The molecular formula is C16H26Cl2N2O. The Morgan fingerprint density at radius 3 is 2.19 bits per heavy atom. The molecule has 21 heavy (non-hydrogen) atoms. The molecule has 0 aromatic heterocycles. The quantitative estimate of drug-likeness (QED) is 0.915. The van der Waals surface area contributed by atoms with Crippen LogP contribution in [0.3, 0.4) is 0 Å². The lowest BCUT2D eigenvalue weighted by Crippen LogP contribution is -2.47. The second-order valence-corrected chi connectivity index (χ2v) is 5.69. The topological polar surface area (TPSA) is 24.5 Å². The van der Waals surface area contributed by atoms with E-state index in [-0.39, 0.29) is 24.8 Å². The number of ether oxygens (including phenoxy) is 1. The maximum Gasteiger partial charge on any atom is 0.118 e. The Balaban J connectivity index is 0.00000110. The number of nitrogens with zero attached hydrogens (tertiary/aromatic N) is 1. The average molecular weight is 333 g/mol. The molecule has 3 rings (SSSR count). The van der Waals surface area contributed by atoms with Crippen molar-refractivity contribution in [2.75, 3.05) is 33.3 Å². The van der Waals surface area contributed by atoms with E-state index in [0.717, 1.165) is 24.8 Å². The summed E-state index contributed by atoms with van der Waals surface area (Å²) in [4.78, 5) is 2.67. The molecule has 5 heteroatoms. The van der Waals surface area contributed by atoms with E-state index >= 15 is 0 Å². The van der Waals surface area contributed by atoms with Crippen LogP contribution in [0, 0.1) is 5.92 Å². The zero-order chi connectivity index (χ0) is 13.1. The van der Waals surface area contributed by atoms with Crippen LogP contribution in [-0.4, -0.2) is 38.2 Å². The van der Waals surface area contributed by atoms with Gasteiger partial charge in [-0.1, -0.05) is 18.6 Å². The molecule has 1 saturated heterocycles. The smallest absolute Gasteiger partial charge is 0.118 e. The van der Waals surface area contributed by atoms with Gasteiger partial charge in [-0.15, -0.1) is 24.8 Å². The summed E-state index contributed by atoms with van der Waals surface area (Å²) in [5, 5.41) is 3.45. The third kappa shape index (κ3) is 4.26. The normalized spacial score (nSPS) is 20.6. The second kappa shape index (κ2) is 8.84. The van der Waals surface area contributed by atoms with E-state index in [2.05, 4.69) is 34.5 Å². The number of rotatable bonds is 4. The number of hydrogen-bond acceptors (Lipinski definition) is 3. The molecule has 2 aliphatic rings. The first-order chi connectivity index (χ1) is 9.38. The summed E-state index contributed by atoms with van der Waals surface area (Å²) in [6, 6.07) is 9.32. The third-order valence-electron chi connectivity index (χ3n) is 4.60. The Hall–Kier alpha value is -0.480. The first-order valence-electron chi connectivity index (χ1n) is 7.47. The number of halogens is 2. The number of methoxy groups -OCH3 is 1. The monoisotopic (exact) mass is 332 g/mol. The average Bonchev–Trinajstić information content (AvgIpc) is 2.44. The largest absolute Gasteiger partial charge is 0.497 e. The highest BCUT2D eigenvalue weighted by Crippen LogP contribution is 2.41. The fourth-order valence-corrected chi connectivity index (χ4v) is 3.30. The van der Waals surface area contributed by atoms with Gasteiger partial charge in [0.15, 0.2) is 0 Å². The fourth-order valence-electron chi connectivity index (χ4n) is 3.30. The van der Waals surface area contributed by atoms with Gasteiger partial charge in [-0.25, -0.2) is 0 Å². The summed E-state index contributed by atoms with van der Waals surface area (Å²) >= 11 is 0. The summed E-state index contributed by atoms with van der Waals surface area (Å²) in [5.74, 6) is 1.81. The first-order valence-corrected chi connectivity index (χ1v) is 7.47. The Kier molecular flexibility index (Phi) is 7.82. The van der Waals surface area contributed by atoms with Crippen molar-refractivity contribution in [3.05, 3.63) is 29.8 Å². The third-order valence-corrected chi connectivity index (χ3v) is 4.60. The van der Waals surface area contributed by atoms with Crippen molar-refractivity contribution in [3.63, 3.8) is 0 Å². The van der Waals surface area contributed by atoms with E-state index in [0.29, 0.717) is 6.04 Å². The van der Waals surface area contributed by atoms with Crippen molar-refractivity contribution in [1.82, 2.24) is 10.2 Å². The van der Waals surface area contributed by atoms with Crippen molar-refractivity contribution in [1.29, 1.82) is 0 Å². The van der Waals surface area contributed by atoms with Crippen molar-refractivity contribution >= 4 is 24.8 Å². The van der Waals surface area contributed by atoms with Crippen LogP contribution in [0.25, 0.3) is 0 Å². The maximum absolute atomic E-state index is 5.27. The number of nitrogens with one attached hydrogen (secondary N) is 1. The molecule has 1 aliphatic heterocycles. The SMILES string of the molecule is COc1ccc([C@@H](C2CCC2)N2CCNCC2)cc1.Cl.Cl. The molecule has 1 saturated carbocycles. The minimum Gasteiger partial charge on any atom is -0.497 e. The first kappa shape index (κ1) is 18.6. The van der Waals surface area contributed by atoms with E-state index in [9.17, 15) is 0 Å². The van der Waals surface area contributed by atoms with Gasteiger partial charge in [-0.2, -0.15) is 0 Å². The van der Waals surface area contributed by atoms with Crippen LogP contribution < -0.4 is 10.1 Å². The molecule has 1 N–H and O–H groups in total. The summed E-state index contributed by atoms with van der Waals surface area (Å²) < 4.78 is 5.27. The Labute approximate surface area is 140 Å². The van der Waals surface area contributed by atoms with Crippen molar-refractivity contribution in [3.8, 4) is 5.75 Å². The zero-order valence-corrected chi connectivity index (χ0v) is 14.2. The van der Waals surface area contributed by atoms with Crippen LogP contribution in [0.15, 0.2) is 24.3 Å². The summed E-state index contributed by atoms with van der Waals surface area (Å²) in [6.45, 7) is 4.60. The van der Waals surface area contributed by atoms with Gasteiger partial charge in [-0.3, -0.25) is 4.90 Å². The van der Waals surface area contributed by atoms with Crippen LogP contribution in [0.4, 0.5) is 0 Å². The maximum atomic E-state index is 5.27. The number of benzene rings is 1. The predicted octanol–water partition coefficient (Wildman–Crippen LogP) is 3.29. The van der Waals surface area contributed by atoms with Crippen molar-refractivity contribution < 1.29 is 4.74 Å². The highest BCUT2D eigenvalue weighted by Gasteiger charge is 2.33. The number of hydrogen-bond donors (Lipinski definition) is 1. The van der Waals surface area contributed by atoms with Crippen molar-refractivity contribution in [2.45, 2.75) is 25.3 Å². The van der Waals surface area contributed by atoms with Crippen LogP contribution in [0.2, 0.25) is 0 Å². The summed E-state index contributed by atoms with van der Waals surface area (Å²) in [7, 11) is 1.73. The van der Waals surface area contributed by atoms with Gasteiger partial charge in [0.05, 0.1) is 7.11 Å². The lowest BCUT2D eigenvalue weighted by atomic mass is 9.76. The van der Waals surface area contributed by atoms with Gasteiger partial charge < -0.3 is 10.1 Å². The summed E-state index contributed by atoms with van der Waals surface area (Å²) in [5.41, 5.74) is 1.47. The van der Waals surface area contributed by atoms with Gasteiger partial charge >= 0.3 is 0 Å². The molecule has 0 unspecified atom stereocenters. The van der Waals surface area contributed by atoms with Gasteiger partial charge in [0.25, 0.3) is 0 Å². The Morgan fingerprint density at radius 1 is 1.10 bits per heavy atom.